The molecule has 0 amide bonds. The molecule has 1 aromatic carbocycles. The van der Waals surface area contributed by atoms with E-state index in [0.717, 1.165) is 38.4 Å². The van der Waals surface area contributed by atoms with Crippen molar-refractivity contribution in [1.29, 1.82) is 0 Å². The summed E-state index contributed by atoms with van der Waals surface area (Å²) >= 11 is 0. The summed E-state index contributed by atoms with van der Waals surface area (Å²) in [6.45, 7) is 6.08. The van der Waals surface area contributed by atoms with Crippen LogP contribution in [0.25, 0.3) is 0 Å². The Morgan fingerprint density at radius 2 is 1.85 bits per heavy atom. The maximum absolute atomic E-state index is 4.61. The monoisotopic (exact) mass is 267 g/mol. The van der Waals surface area contributed by atoms with Crippen LogP contribution in [0.1, 0.15) is 30.0 Å². The van der Waals surface area contributed by atoms with Gasteiger partial charge in [0.1, 0.15) is 5.82 Å². The first-order valence-corrected chi connectivity index (χ1v) is 7.34. The number of nitrogens with one attached hydrogen (secondary N) is 1. The standard InChI is InChI=1S/C17H21N3/c1-2-9-18-10-14-7-8-17(19-11-14)20-12-15-5-3-4-6-16(15)13-20/h3-8,11,18H,2,9-10,12-13H2,1H3. The van der Waals surface area contributed by atoms with Crippen molar-refractivity contribution in [2.45, 2.75) is 33.0 Å². The highest BCUT2D eigenvalue weighted by atomic mass is 15.2. The molecule has 0 radical (unpaired) electrons. The van der Waals surface area contributed by atoms with E-state index in [-0.39, 0.29) is 0 Å². The summed E-state index contributed by atoms with van der Waals surface area (Å²) in [6.07, 6.45) is 3.15. The molecule has 20 heavy (non-hydrogen) atoms. The van der Waals surface area contributed by atoms with Crippen molar-refractivity contribution >= 4 is 5.82 Å². The molecule has 0 spiro atoms. The highest BCUT2D eigenvalue weighted by Crippen LogP contribution is 2.26. The SMILES string of the molecule is CCCNCc1ccc(N2Cc3ccccc3C2)nc1. The van der Waals surface area contributed by atoms with Gasteiger partial charge in [-0.3, -0.25) is 0 Å². The Kier molecular flexibility index (Phi) is 3.97. The number of pyridine rings is 1. The van der Waals surface area contributed by atoms with Crippen LogP contribution in [0.15, 0.2) is 42.6 Å². The molecule has 0 saturated heterocycles. The van der Waals surface area contributed by atoms with Crippen molar-refractivity contribution in [2.24, 2.45) is 0 Å². The third-order valence-corrected chi connectivity index (χ3v) is 3.73. The third kappa shape index (κ3) is 2.83. The third-order valence-electron chi connectivity index (χ3n) is 3.73. The molecule has 2 aromatic rings. The molecule has 1 aromatic heterocycles. The Bertz CT molecular complexity index is 538. The van der Waals surface area contributed by atoms with Gasteiger partial charge in [-0.2, -0.15) is 0 Å². The van der Waals surface area contributed by atoms with Gasteiger partial charge in [-0.15, -0.1) is 0 Å². The maximum atomic E-state index is 4.61. The zero-order valence-corrected chi connectivity index (χ0v) is 12.0. The molecular formula is C17H21N3. The molecule has 0 aliphatic carbocycles. The van der Waals surface area contributed by atoms with Gasteiger partial charge in [0, 0.05) is 25.8 Å². The molecule has 3 rings (SSSR count). The summed E-state index contributed by atoms with van der Waals surface area (Å²) in [4.78, 5) is 6.94. The number of nitrogens with zero attached hydrogens (tertiary/aromatic N) is 2. The molecule has 2 heterocycles. The topological polar surface area (TPSA) is 28.2 Å². The van der Waals surface area contributed by atoms with E-state index in [0.29, 0.717) is 0 Å². The number of rotatable bonds is 5. The molecule has 3 nitrogen and oxygen atoms in total. The molecular weight excluding hydrogens is 246 g/mol. The first kappa shape index (κ1) is 13.1. The summed E-state index contributed by atoms with van der Waals surface area (Å²) in [6, 6.07) is 12.9. The summed E-state index contributed by atoms with van der Waals surface area (Å²) < 4.78 is 0. The molecule has 0 atom stereocenters. The molecule has 0 saturated carbocycles. The van der Waals surface area contributed by atoms with Gasteiger partial charge in [0.2, 0.25) is 0 Å². The smallest absolute Gasteiger partial charge is 0.129 e. The van der Waals surface area contributed by atoms with Crippen LogP contribution in [0.4, 0.5) is 5.82 Å². The lowest BCUT2D eigenvalue weighted by atomic mass is 10.1. The van der Waals surface area contributed by atoms with Crippen LogP contribution < -0.4 is 10.2 Å². The number of hydrogen-bond acceptors (Lipinski definition) is 3. The maximum Gasteiger partial charge on any atom is 0.129 e. The van der Waals surface area contributed by atoms with Crippen LogP contribution in [0, 0.1) is 0 Å². The lowest BCUT2D eigenvalue weighted by Gasteiger charge is -2.16. The van der Waals surface area contributed by atoms with Crippen molar-refractivity contribution < 1.29 is 0 Å². The number of aromatic nitrogens is 1. The quantitative estimate of drug-likeness (QED) is 0.844. The number of benzene rings is 1. The van der Waals surface area contributed by atoms with Crippen molar-refractivity contribution in [3.8, 4) is 0 Å². The second-order valence-corrected chi connectivity index (χ2v) is 5.33. The predicted octanol–water partition coefficient (Wildman–Crippen LogP) is 3.10. The zero-order chi connectivity index (χ0) is 13.8. The van der Waals surface area contributed by atoms with Gasteiger partial charge in [0.05, 0.1) is 0 Å². The minimum atomic E-state index is 0.904. The largest absolute Gasteiger partial charge is 0.348 e. The van der Waals surface area contributed by atoms with Gasteiger partial charge < -0.3 is 10.2 Å². The second kappa shape index (κ2) is 6.06. The van der Waals surface area contributed by atoms with E-state index in [4.69, 9.17) is 0 Å². The number of fused-ring (bicyclic) bond motifs is 1. The first-order valence-electron chi connectivity index (χ1n) is 7.34. The van der Waals surface area contributed by atoms with E-state index in [2.05, 4.69) is 58.5 Å². The van der Waals surface area contributed by atoms with Crippen molar-refractivity contribution in [3.63, 3.8) is 0 Å². The second-order valence-electron chi connectivity index (χ2n) is 5.33. The van der Waals surface area contributed by atoms with E-state index in [1.54, 1.807) is 0 Å². The van der Waals surface area contributed by atoms with Crippen LogP contribution in [0.3, 0.4) is 0 Å². The average Bonchev–Trinajstić information content (AvgIpc) is 2.92. The van der Waals surface area contributed by atoms with Gasteiger partial charge in [-0.1, -0.05) is 37.3 Å². The van der Waals surface area contributed by atoms with Crippen molar-refractivity contribution in [3.05, 3.63) is 59.3 Å². The normalized spacial score (nSPS) is 13.6. The van der Waals surface area contributed by atoms with E-state index in [9.17, 15) is 0 Å². The van der Waals surface area contributed by atoms with Crippen molar-refractivity contribution in [2.75, 3.05) is 11.4 Å². The summed E-state index contributed by atoms with van der Waals surface area (Å²) in [7, 11) is 0. The minimum absolute atomic E-state index is 0.904. The zero-order valence-electron chi connectivity index (χ0n) is 12.0. The molecule has 0 unspecified atom stereocenters. The van der Waals surface area contributed by atoms with Crippen LogP contribution in [0.5, 0.6) is 0 Å². The first-order chi connectivity index (χ1) is 9.86. The molecule has 0 fully saturated rings. The summed E-state index contributed by atoms with van der Waals surface area (Å²) in [5, 5.41) is 3.40. The van der Waals surface area contributed by atoms with Gasteiger partial charge >= 0.3 is 0 Å². The lowest BCUT2D eigenvalue weighted by Crippen LogP contribution is -2.17. The fraction of sp³-hybridized carbons (Fsp3) is 0.353. The van der Waals surface area contributed by atoms with E-state index >= 15 is 0 Å². The highest BCUT2D eigenvalue weighted by molar-refractivity contribution is 5.47. The summed E-state index contributed by atoms with van der Waals surface area (Å²) in [5.41, 5.74) is 4.09. The highest BCUT2D eigenvalue weighted by Gasteiger charge is 2.19. The van der Waals surface area contributed by atoms with Crippen molar-refractivity contribution in [1.82, 2.24) is 10.3 Å². The Morgan fingerprint density at radius 1 is 1.10 bits per heavy atom. The molecule has 1 N–H and O–H groups in total. The average molecular weight is 267 g/mol. The van der Waals surface area contributed by atoms with Gasteiger partial charge in [0.25, 0.3) is 0 Å². The molecule has 0 bridgehead atoms. The van der Waals surface area contributed by atoms with Gasteiger partial charge in [-0.25, -0.2) is 4.98 Å². The molecule has 3 heteroatoms. The summed E-state index contributed by atoms with van der Waals surface area (Å²) in [5.74, 6) is 1.07. The predicted molar refractivity (Wildman–Crippen MR) is 82.6 cm³/mol. The van der Waals surface area contributed by atoms with Crippen LogP contribution in [-0.2, 0) is 19.6 Å². The van der Waals surface area contributed by atoms with E-state index < -0.39 is 0 Å². The minimum Gasteiger partial charge on any atom is -0.348 e. The Morgan fingerprint density at radius 3 is 2.45 bits per heavy atom. The van der Waals surface area contributed by atoms with Crippen LogP contribution in [0.2, 0.25) is 0 Å². The van der Waals surface area contributed by atoms with Crippen LogP contribution in [-0.4, -0.2) is 11.5 Å². The van der Waals surface area contributed by atoms with Gasteiger partial charge in [0.15, 0.2) is 0 Å². The van der Waals surface area contributed by atoms with Gasteiger partial charge in [-0.05, 0) is 35.7 Å². The lowest BCUT2D eigenvalue weighted by molar-refractivity contribution is 0.673. The van der Waals surface area contributed by atoms with E-state index in [1.165, 1.54) is 16.7 Å². The van der Waals surface area contributed by atoms with Crippen LogP contribution >= 0.6 is 0 Å². The Balaban J connectivity index is 1.65. The van der Waals surface area contributed by atoms with E-state index in [1.807, 2.05) is 6.20 Å². The fourth-order valence-corrected chi connectivity index (χ4v) is 2.61. The molecule has 104 valence electrons. The number of anilines is 1. The molecule has 1 aliphatic rings. The fourth-order valence-electron chi connectivity index (χ4n) is 2.61. The molecule has 1 aliphatic heterocycles. The Labute approximate surface area is 120 Å². The number of hydrogen-bond donors (Lipinski definition) is 1. The Hall–Kier alpha value is -1.87.